The summed E-state index contributed by atoms with van der Waals surface area (Å²) in [5.41, 5.74) is 1.37. The van der Waals surface area contributed by atoms with Crippen LogP contribution in [0.5, 0.6) is 5.75 Å². The van der Waals surface area contributed by atoms with Gasteiger partial charge in [0.2, 0.25) is 0 Å². The lowest BCUT2D eigenvalue weighted by Crippen LogP contribution is -2.30. The Morgan fingerprint density at radius 1 is 1.05 bits per heavy atom. The topological polar surface area (TPSA) is 70.1 Å². The molecule has 1 aliphatic rings. The largest absolute Gasteiger partial charge is 0.507 e. The number of Topliss-reactive ketones (excluding diaryl/α,β-unsaturated/α-hetero) is 1. The second-order valence-electron chi connectivity index (χ2n) is 8.86. The van der Waals surface area contributed by atoms with Crippen LogP contribution in [-0.4, -0.2) is 37.0 Å². The maximum absolute atomic E-state index is 15.0. The third-order valence-corrected chi connectivity index (χ3v) is 6.88. The SMILES string of the molecule is CCN(CC)c1ccc(C2/C(=C(\O)c3cc(C)cc(Cl)c3OC)C(=O)C(=O)N2c2cc(F)ccc2F)cc1. The molecule has 38 heavy (non-hydrogen) atoms. The Morgan fingerprint density at radius 2 is 1.71 bits per heavy atom. The Morgan fingerprint density at radius 3 is 2.32 bits per heavy atom. The number of methoxy groups -OCH3 is 1. The van der Waals surface area contributed by atoms with Crippen LogP contribution in [0.2, 0.25) is 5.02 Å². The van der Waals surface area contributed by atoms with Gasteiger partial charge in [0, 0.05) is 24.8 Å². The first-order valence-electron chi connectivity index (χ1n) is 12.1. The highest BCUT2D eigenvalue weighted by atomic mass is 35.5. The minimum atomic E-state index is -1.25. The number of hydrogen-bond donors (Lipinski definition) is 1. The van der Waals surface area contributed by atoms with Gasteiger partial charge < -0.3 is 14.7 Å². The van der Waals surface area contributed by atoms with Crippen molar-refractivity contribution in [2.45, 2.75) is 26.8 Å². The zero-order valence-corrected chi connectivity index (χ0v) is 22.1. The molecule has 0 saturated carbocycles. The van der Waals surface area contributed by atoms with E-state index in [0.717, 1.165) is 41.9 Å². The minimum Gasteiger partial charge on any atom is -0.507 e. The summed E-state index contributed by atoms with van der Waals surface area (Å²) < 4.78 is 34.5. The van der Waals surface area contributed by atoms with Crippen molar-refractivity contribution in [3.63, 3.8) is 0 Å². The smallest absolute Gasteiger partial charge is 0.300 e. The van der Waals surface area contributed by atoms with Gasteiger partial charge in [0.05, 0.1) is 35.0 Å². The van der Waals surface area contributed by atoms with Crippen molar-refractivity contribution in [3.05, 3.63) is 93.5 Å². The fourth-order valence-electron chi connectivity index (χ4n) is 4.78. The Kier molecular flexibility index (Phi) is 7.73. The Bertz CT molecular complexity index is 1440. The number of ether oxygens (including phenoxy) is 1. The van der Waals surface area contributed by atoms with Gasteiger partial charge in [-0.05, 0) is 68.3 Å². The number of aryl methyl sites for hydroxylation is 1. The van der Waals surface area contributed by atoms with Crippen LogP contribution in [0.1, 0.15) is 36.6 Å². The van der Waals surface area contributed by atoms with Crippen LogP contribution in [0, 0.1) is 18.6 Å². The molecule has 1 atom stereocenters. The van der Waals surface area contributed by atoms with Crippen molar-refractivity contribution in [2.24, 2.45) is 0 Å². The average molecular weight is 541 g/mol. The molecule has 1 aliphatic heterocycles. The zero-order chi connectivity index (χ0) is 27.7. The Labute approximate surface area is 224 Å². The van der Waals surface area contributed by atoms with Crippen molar-refractivity contribution >= 4 is 40.4 Å². The molecule has 1 fully saturated rings. The molecule has 4 rings (SSSR count). The number of amides is 1. The number of benzene rings is 3. The lowest BCUT2D eigenvalue weighted by Gasteiger charge is -2.27. The molecule has 0 spiro atoms. The predicted molar refractivity (Wildman–Crippen MR) is 144 cm³/mol. The molecule has 3 aromatic rings. The molecule has 6 nitrogen and oxygen atoms in total. The molecule has 1 saturated heterocycles. The van der Waals surface area contributed by atoms with Gasteiger partial charge in [-0.2, -0.15) is 0 Å². The van der Waals surface area contributed by atoms with Crippen molar-refractivity contribution in [1.82, 2.24) is 0 Å². The van der Waals surface area contributed by atoms with E-state index in [1.165, 1.54) is 7.11 Å². The van der Waals surface area contributed by atoms with E-state index in [0.29, 0.717) is 11.1 Å². The summed E-state index contributed by atoms with van der Waals surface area (Å²) in [5, 5.41) is 11.7. The number of hydrogen-bond acceptors (Lipinski definition) is 5. The molecule has 9 heteroatoms. The van der Waals surface area contributed by atoms with E-state index in [1.54, 1.807) is 31.2 Å². The van der Waals surface area contributed by atoms with Crippen LogP contribution in [0.3, 0.4) is 0 Å². The van der Waals surface area contributed by atoms with E-state index < -0.39 is 40.8 Å². The Balaban J connectivity index is 2.00. The quantitative estimate of drug-likeness (QED) is 0.213. The van der Waals surface area contributed by atoms with Crippen molar-refractivity contribution in [3.8, 4) is 5.75 Å². The molecule has 198 valence electrons. The van der Waals surface area contributed by atoms with Crippen LogP contribution in [0.25, 0.3) is 5.76 Å². The van der Waals surface area contributed by atoms with E-state index >= 15 is 0 Å². The lowest BCUT2D eigenvalue weighted by molar-refractivity contribution is -0.132. The van der Waals surface area contributed by atoms with Gasteiger partial charge >= 0.3 is 0 Å². The highest BCUT2D eigenvalue weighted by molar-refractivity contribution is 6.51. The van der Waals surface area contributed by atoms with E-state index in [-0.39, 0.29) is 21.9 Å². The van der Waals surface area contributed by atoms with Crippen molar-refractivity contribution < 1.29 is 28.2 Å². The standard InChI is InChI=1S/C29H27ClF2N2O4/c1-5-33(6-2)19-10-7-17(8-11-19)25-24(26(35)20-13-16(3)14-21(30)28(20)38-4)27(36)29(37)34(25)23-15-18(31)9-12-22(23)32/h7-15,25,35H,5-6H2,1-4H3/b26-24+. The minimum absolute atomic E-state index is 0.0972. The normalized spacial score (nSPS) is 16.7. The van der Waals surface area contributed by atoms with Crippen LogP contribution in [0.15, 0.2) is 60.2 Å². The molecule has 0 radical (unpaired) electrons. The van der Waals surface area contributed by atoms with Crippen LogP contribution in [0.4, 0.5) is 20.2 Å². The summed E-state index contributed by atoms with van der Waals surface area (Å²) in [6.45, 7) is 7.29. The first-order chi connectivity index (χ1) is 18.1. The van der Waals surface area contributed by atoms with E-state index in [1.807, 2.05) is 26.0 Å². The first-order valence-corrected chi connectivity index (χ1v) is 12.5. The molecule has 1 amide bonds. The summed E-state index contributed by atoms with van der Waals surface area (Å²) >= 11 is 6.32. The van der Waals surface area contributed by atoms with Crippen LogP contribution in [-0.2, 0) is 9.59 Å². The number of halogens is 3. The number of ketones is 1. The van der Waals surface area contributed by atoms with Gasteiger partial charge in [-0.25, -0.2) is 8.78 Å². The summed E-state index contributed by atoms with van der Waals surface area (Å²) in [6.07, 6.45) is 0. The first kappa shape index (κ1) is 27.1. The molecule has 0 aromatic heterocycles. The van der Waals surface area contributed by atoms with Crippen molar-refractivity contribution in [2.75, 3.05) is 30.0 Å². The molecular formula is C29H27ClF2N2O4. The van der Waals surface area contributed by atoms with Gasteiger partial charge in [-0.1, -0.05) is 23.7 Å². The maximum Gasteiger partial charge on any atom is 0.300 e. The van der Waals surface area contributed by atoms with Gasteiger partial charge in [0.1, 0.15) is 23.1 Å². The van der Waals surface area contributed by atoms with Crippen molar-refractivity contribution in [1.29, 1.82) is 0 Å². The van der Waals surface area contributed by atoms with Crippen LogP contribution < -0.4 is 14.5 Å². The summed E-state index contributed by atoms with van der Waals surface area (Å²) in [4.78, 5) is 29.7. The monoisotopic (exact) mass is 540 g/mol. The summed E-state index contributed by atoms with van der Waals surface area (Å²) in [6, 6.07) is 11.6. The molecular weight excluding hydrogens is 514 g/mol. The number of nitrogens with zero attached hydrogens (tertiary/aromatic N) is 2. The molecule has 1 unspecified atom stereocenters. The number of anilines is 2. The van der Waals surface area contributed by atoms with E-state index in [2.05, 4.69) is 4.90 Å². The average Bonchev–Trinajstić information content (AvgIpc) is 3.16. The lowest BCUT2D eigenvalue weighted by atomic mass is 9.94. The van der Waals surface area contributed by atoms with E-state index in [4.69, 9.17) is 16.3 Å². The zero-order valence-electron chi connectivity index (χ0n) is 21.4. The molecule has 0 bridgehead atoms. The second-order valence-corrected chi connectivity index (χ2v) is 9.26. The maximum atomic E-state index is 15.0. The van der Waals surface area contributed by atoms with Gasteiger partial charge in [0.15, 0.2) is 0 Å². The fraction of sp³-hybridized carbons (Fsp3) is 0.241. The number of carbonyl (C=O) groups excluding carboxylic acids is 2. The number of aliphatic hydroxyl groups excluding tert-OH is 1. The summed E-state index contributed by atoms with van der Waals surface area (Å²) in [7, 11) is 1.36. The van der Waals surface area contributed by atoms with Gasteiger partial charge in [-0.3, -0.25) is 14.5 Å². The highest BCUT2D eigenvalue weighted by Crippen LogP contribution is 2.45. The number of carbonyl (C=O) groups is 2. The molecule has 1 heterocycles. The number of aliphatic hydroxyl groups is 1. The van der Waals surface area contributed by atoms with E-state index in [9.17, 15) is 23.5 Å². The Hall–Kier alpha value is -3.91. The number of rotatable bonds is 7. The predicted octanol–water partition coefficient (Wildman–Crippen LogP) is 6.41. The third kappa shape index (κ3) is 4.72. The van der Waals surface area contributed by atoms with Crippen LogP contribution >= 0.6 is 11.6 Å². The second kappa shape index (κ2) is 10.8. The molecule has 1 N–H and O–H groups in total. The highest BCUT2D eigenvalue weighted by Gasteiger charge is 2.48. The molecule has 3 aromatic carbocycles. The van der Waals surface area contributed by atoms with Gasteiger partial charge in [0.25, 0.3) is 11.7 Å². The molecule has 0 aliphatic carbocycles. The fourth-order valence-corrected chi connectivity index (χ4v) is 5.13. The third-order valence-electron chi connectivity index (χ3n) is 6.60. The summed E-state index contributed by atoms with van der Waals surface area (Å²) in [5.74, 6) is -4.27. The van der Waals surface area contributed by atoms with Gasteiger partial charge in [-0.15, -0.1) is 0 Å².